The lowest BCUT2D eigenvalue weighted by atomic mass is 9.83. The number of carbonyl (C=O) groups excluding carboxylic acids is 2. The van der Waals surface area contributed by atoms with E-state index in [9.17, 15) is 14.7 Å². The number of nitrogens with one attached hydrogen (secondary N) is 2. The Balaban J connectivity index is 1.87. The number of rotatable bonds is 19. The molecule has 41 heavy (non-hydrogen) atoms. The summed E-state index contributed by atoms with van der Waals surface area (Å²) in [5, 5.41) is 17.1. The zero-order valence-corrected chi connectivity index (χ0v) is 25.8. The molecule has 0 bridgehead atoms. The summed E-state index contributed by atoms with van der Waals surface area (Å²) in [6, 6.07) is 6.68. The summed E-state index contributed by atoms with van der Waals surface area (Å²) in [4.78, 5) is 28.3. The van der Waals surface area contributed by atoms with E-state index in [1.807, 2.05) is 26.0 Å². The van der Waals surface area contributed by atoms with Crippen LogP contribution in [0.1, 0.15) is 57.3 Å². The average Bonchev–Trinajstić information content (AvgIpc) is 2.96. The zero-order chi connectivity index (χ0) is 30.2. The highest BCUT2D eigenvalue weighted by molar-refractivity contribution is 5.96. The fraction of sp³-hybridized carbons (Fsp3) is 0.742. The lowest BCUT2D eigenvalue weighted by molar-refractivity contribution is -0.127. The van der Waals surface area contributed by atoms with Crippen LogP contribution in [0, 0.1) is 23.7 Å². The van der Waals surface area contributed by atoms with E-state index in [2.05, 4.69) is 29.4 Å². The van der Waals surface area contributed by atoms with Gasteiger partial charge in [-0.3, -0.25) is 14.5 Å². The molecule has 2 amide bonds. The first-order chi connectivity index (χ1) is 19.6. The van der Waals surface area contributed by atoms with Crippen molar-refractivity contribution < 1.29 is 28.9 Å². The number of amides is 2. The van der Waals surface area contributed by atoms with Gasteiger partial charge in [0.25, 0.3) is 5.91 Å². The molecule has 1 aromatic rings. The second-order valence-corrected chi connectivity index (χ2v) is 11.7. The van der Waals surface area contributed by atoms with E-state index in [0.717, 1.165) is 39.3 Å². The van der Waals surface area contributed by atoms with E-state index in [1.165, 1.54) is 0 Å². The summed E-state index contributed by atoms with van der Waals surface area (Å²) in [6.45, 7) is 14.2. The maximum atomic E-state index is 13.0. The first-order valence-electron chi connectivity index (χ1n) is 15.1. The second-order valence-electron chi connectivity index (χ2n) is 11.7. The molecule has 0 radical (unpaired) electrons. The van der Waals surface area contributed by atoms with Crippen LogP contribution in [0.3, 0.4) is 0 Å². The van der Waals surface area contributed by atoms with Crippen LogP contribution in [-0.4, -0.2) is 100 Å². The standard InChI is InChI=1S/C31H54N4O6/c1-22(2)24(21-34-30(37)25-9-6-7-10-29(25)41-16-8-15-39-5)19-27(32)28(36)20-26(23(3)4)31(38)33-11-12-35-13-17-40-18-14-35/h6-7,9-10,22-24,26-28,36H,8,11-21,32H2,1-5H3,(H,33,38)(H,34,37). The van der Waals surface area contributed by atoms with E-state index in [4.69, 9.17) is 19.9 Å². The van der Waals surface area contributed by atoms with Gasteiger partial charge in [-0.15, -0.1) is 0 Å². The minimum absolute atomic E-state index is 0.0460. The van der Waals surface area contributed by atoms with Gasteiger partial charge in [-0.1, -0.05) is 39.8 Å². The Bertz CT molecular complexity index is 893. The molecular formula is C31H54N4O6. The molecule has 4 atom stereocenters. The highest BCUT2D eigenvalue weighted by Crippen LogP contribution is 2.24. The fourth-order valence-electron chi connectivity index (χ4n) is 4.99. The Morgan fingerprint density at radius 2 is 1.76 bits per heavy atom. The Labute approximate surface area is 246 Å². The lowest BCUT2D eigenvalue weighted by Crippen LogP contribution is -2.45. The number of nitrogens with two attached hydrogens (primary N) is 1. The molecule has 1 aromatic carbocycles. The quantitative estimate of drug-likeness (QED) is 0.184. The van der Waals surface area contributed by atoms with Crippen molar-refractivity contribution in [2.45, 2.75) is 59.1 Å². The van der Waals surface area contributed by atoms with Gasteiger partial charge in [0.2, 0.25) is 5.91 Å². The number of benzene rings is 1. The van der Waals surface area contributed by atoms with Crippen molar-refractivity contribution in [1.29, 1.82) is 0 Å². The number of methoxy groups -OCH3 is 1. The Morgan fingerprint density at radius 1 is 1.05 bits per heavy atom. The summed E-state index contributed by atoms with van der Waals surface area (Å²) in [6.07, 6.45) is 0.728. The summed E-state index contributed by atoms with van der Waals surface area (Å²) in [5.74, 6) is 0.306. The minimum atomic E-state index is -0.828. The van der Waals surface area contributed by atoms with Crippen molar-refractivity contribution in [2.75, 3.05) is 66.3 Å². The first-order valence-corrected chi connectivity index (χ1v) is 15.1. The van der Waals surface area contributed by atoms with Gasteiger partial charge in [-0.05, 0) is 42.7 Å². The number of carbonyl (C=O) groups is 2. The van der Waals surface area contributed by atoms with Crippen LogP contribution in [-0.2, 0) is 14.3 Å². The second kappa shape index (κ2) is 19.0. The molecule has 4 unspecified atom stereocenters. The lowest BCUT2D eigenvalue weighted by Gasteiger charge is -2.30. The molecule has 1 aliphatic heterocycles. The molecule has 5 N–H and O–H groups in total. The van der Waals surface area contributed by atoms with E-state index >= 15 is 0 Å². The van der Waals surface area contributed by atoms with Crippen LogP contribution in [0.4, 0.5) is 0 Å². The van der Waals surface area contributed by atoms with Crippen LogP contribution in [0.2, 0.25) is 0 Å². The largest absolute Gasteiger partial charge is 0.493 e. The highest BCUT2D eigenvalue weighted by Gasteiger charge is 2.30. The number of hydrogen-bond donors (Lipinski definition) is 4. The highest BCUT2D eigenvalue weighted by atomic mass is 16.5. The third kappa shape index (κ3) is 12.7. The van der Waals surface area contributed by atoms with Crippen molar-refractivity contribution in [2.24, 2.45) is 29.4 Å². The van der Waals surface area contributed by atoms with Crippen molar-refractivity contribution in [3.8, 4) is 5.75 Å². The molecule has 1 heterocycles. The van der Waals surface area contributed by atoms with Crippen LogP contribution in [0.25, 0.3) is 0 Å². The number of hydrogen-bond acceptors (Lipinski definition) is 8. The molecule has 0 aliphatic carbocycles. The van der Waals surface area contributed by atoms with Crippen molar-refractivity contribution >= 4 is 11.8 Å². The predicted molar refractivity (Wildman–Crippen MR) is 161 cm³/mol. The minimum Gasteiger partial charge on any atom is -0.493 e. The summed E-state index contributed by atoms with van der Waals surface area (Å²) < 4.78 is 16.2. The summed E-state index contributed by atoms with van der Waals surface area (Å²) in [7, 11) is 1.64. The molecule has 234 valence electrons. The first kappa shape index (κ1) is 35.0. The number of nitrogens with zero attached hydrogens (tertiary/aromatic N) is 1. The Hall–Kier alpha value is -2.24. The smallest absolute Gasteiger partial charge is 0.255 e. The Kier molecular flexibility index (Phi) is 16.2. The average molecular weight is 579 g/mol. The molecule has 1 saturated heterocycles. The predicted octanol–water partition coefficient (Wildman–Crippen LogP) is 2.29. The van der Waals surface area contributed by atoms with Crippen LogP contribution in [0.15, 0.2) is 24.3 Å². The number of aliphatic hydroxyl groups is 1. The molecule has 1 aliphatic rings. The topological polar surface area (TPSA) is 135 Å². The van der Waals surface area contributed by atoms with Gasteiger partial charge in [-0.25, -0.2) is 0 Å². The van der Waals surface area contributed by atoms with E-state index in [1.54, 1.807) is 19.2 Å². The van der Waals surface area contributed by atoms with E-state index in [0.29, 0.717) is 50.5 Å². The van der Waals surface area contributed by atoms with Gasteiger partial charge in [-0.2, -0.15) is 0 Å². The van der Waals surface area contributed by atoms with Crippen molar-refractivity contribution in [3.63, 3.8) is 0 Å². The molecule has 1 fully saturated rings. The maximum Gasteiger partial charge on any atom is 0.255 e. The van der Waals surface area contributed by atoms with Gasteiger partial charge in [0.1, 0.15) is 5.75 Å². The zero-order valence-electron chi connectivity index (χ0n) is 25.8. The fourth-order valence-corrected chi connectivity index (χ4v) is 4.99. The third-order valence-electron chi connectivity index (χ3n) is 7.89. The monoisotopic (exact) mass is 578 g/mol. The van der Waals surface area contributed by atoms with Gasteiger partial charge in [0.15, 0.2) is 0 Å². The molecule has 10 nitrogen and oxygen atoms in total. The van der Waals surface area contributed by atoms with Crippen molar-refractivity contribution in [3.05, 3.63) is 29.8 Å². The molecule has 10 heteroatoms. The van der Waals surface area contributed by atoms with E-state index < -0.39 is 12.1 Å². The van der Waals surface area contributed by atoms with Crippen molar-refractivity contribution in [1.82, 2.24) is 15.5 Å². The molecule has 0 spiro atoms. The van der Waals surface area contributed by atoms with E-state index in [-0.39, 0.29) is 35.5 Å². The molecule has 0 saturated carbocycles. The van der Waals surface area contributed by atoms with Gasteiger partial charge in [0.05, 0.1) is 31.5 Å². The summed E-state index contributed by atoms with van der Waals surface area (Å²) in [5.41, 5.74) is 6.96. The number of ether oxygens (including phenoxy) is 3. The SMILES string of the molecule is COCCCOc1ccccc1C(=O)NCC(CC(N)C(O)CC(C(=O)NCCN1CCOCC1)C(C)C)C(C)C. The third-order valence-corrected chi connectivity index (χ3v) is 7.89. The molecule has 2 rings (SSSR count). The van der Waals surface area contributed by atoms with Crippen LogP contribution in [0.5, 0.6) is 5.75 Å². The number of morpholine rings is 1. The van der Waals surface area contributed by atoms with Crippen LogP contribution >= 0.6 is 0 Å². The number of aliphatic hydroxyl groups excluding tert-OH is 1. The Morgan fingerprint density at radius 3 is 2.41 bits per heavy atom. The summed E-state index contributed by atoms with van der Waals surface area (Å²) >= 11 is 0. The molecule has 0 aromatic heterocycles. The van der Waals surface area contributed by atoms with Gasteiger partial charge >= 0.3 is 0 Å². The number of para-hydroxylation sites is 1. The van der Waals surface area contributed by atoms with Gasteiger partial charge in [0, 0.05) is 64.8 Å². The normalized spacial score (nSPS) is 17.2. The maximum absolute atomic E-state index is 13.0. The molecular weight excluding hydrogens is 524 g/mol. The van der Waals surface area contributed by atoms with Gasteiger partial charge < -0.3 is 35.7 Å². The van der Waals surface area contributed by atoms with Crippen LogP contribution < -0.4 is 21.1 Å².